The van der Waals surface area contributed by atoms with Gasteiger partial charge in [0.05, 0.1) is 0 Å². The highest BCUT2D eigenvalue weighted by molar-refractivity contribution is 5.95. The first-order valence-electron chi connectivity index (χ1n) is 6.13. The van der Waals surface area contributed by atoms with Crippen LogP contribution >= 0.6 is 0 Å². The average molecular weight is 219 g/mol. The zero-order chi connectivity index (χ0) is 11.6. The zero-order valence-corrected chi connectivity index (χ0v) is 10.0. The van der Waals surface area contributed by atoms with Crippen LogP contribution in [0.25, 0.3) is 0 Å². The topological polar surface area (TPSA) is 29.1 Å². The van der Waals surface area contributed by atoms with Crippen molar-refractivity contribution in [1.82, 2.24) is 5.32 Å². The van der Waals surface area contributed by atoms with E-state index in [1.54, 1.807) is 0 Å². The summed E-state index contributed by atoms with van der Waals surface area (Å²) in [6.07, 6.45) is 4.80. The Bertz CT molecular complexity index is 279. The number of benzene rings is 1. The van der Waals surface area contributed by atoms with E-state index in [2.05, 4.69) is 5.32 Å². The number of hydrogen-bond donors (Lipinski definition) is 1. The van der Waals surface area contributed by atoms with Gasteiger partial charge in [0.2, 0.25) is 0 Å². The van der Waals surface area contributed by atoms with E-state index in [1.165, 1.54) is 32.4 Å². The molecule has 1 heterocycles. The molecule has 0 bridgehead atoms. The van der Waals surface area contributed by atoms with E-state index in [9.17, 15) is 4.79 Å². The molecule has 0 radical (unpaired) electrons. The number of piperidine rings is 1. The molecule has 1 aliphatic heterocycles. The van der Waals surface area contributed by atoms with Gasteiger partial charge in [-0.25, -0.2) is 0 Å². The van der Waals surface area contributed by atoms with Crippen molar-refractivity contribution in [3.8, 4) is 0 Å². The second-order valence-electron chi connectivity index (χ2n) is 3.95. The van der Waals surface area contributed by atoms with Crippen LogP contribution in [0.3, 0.4) is 0 Å². The van der Waals surface area contributed by atoms with Gasteiger partial charge in [-0.05, 0) is 25.9 Å². The maximum atomic E-state index is 11.0. The minimum Gasteiger partial charge on any atom is -0.317 e. The van der Waals surface area contributed by atoms with Crippen molar-refractivity contribution in [2.24, 2.45) is 0 Å². The van der Waals surface area contributed by atoms with Crippen LogP contribution in [0.2, 0.25) is 0 Å². The fourth-order valence-electron chi connectivity index (χ4n) is 1.63. The average Bonchev–Trinajstić information content (AvgIpc) is 2.41. The third-order valence-electron chi connectivity index (χ3n) is 2.62. The minimum absolute atomic E-state index is 0.209. The van der Waals surface area contributed by atoms with Gasteiger partial charge in [-0.1, -0.05) is 43.7 Å². The van der Waals surface area contributed by atoms with Crippen LogP contribution in [0.15, 0.2) is 30.3 Å². The maximum absolute atomic E-state index is 11.0. The number of nitrogens with one attached hydrogen (secondary N) is 1. The highest BCUT2D eigenvalue weighted by atomic mass is 16.1. The van der Waals surface area contributed by atoms with Gasteiger partial charge < -0.3 is 5.32 Å². The molecule has 2 rings (SSSR count). The molecule has 1 aromatic rings. The molecule has 0 aliphatic carbocycles. The van der Waals surface area contributed by atoms with Crippen LogP contribution in [-0.4, -0.2) is 18.9 Å². The van der Waals surface area contributed by atoms with Gasteiger partial charge in [0.25, 0.3) is 0 Å². The molecule has 0 spiro atoms. The summed E-state index contributed by atoms with van der Waals surface area (Å²) in [6.45, 7) is 4.37. The number of carbonyl (C=O) groups is 1. The third kappa shape index (κ3) is 5.08. The van der Waals surface area contributed by atoms with Crippen LogP contribution in [0, 0.1) is 0 Å². The van der Waals surface area contributed by atoms with Crippen LogP contribution in [-0.2, 0) is 0 Å². The summed E-state index contributed by atoms with van der Waals surface area (Å²) in [5.41, 5.74) is 0.810. The van der Waals surface area contributed by atoms with E-state index >= 15 is 0 Å². The Morgan fingerprint density at radius 2 is 1.75 bits per heavy atom. The molecule has 0 saturated carbocycles. The molecular weight excluding hydrogens is 198 g/mol. The molecule has 1 N–H and O–H groups in total. The number of Topliss-reactive ketones (excluding diaryl/α,β-unsaturated/α-hetero) is 1. The largest absolute Gasteiger partial charge is 0.317 e. The van der Waals surface area contributed by atoms with E-state index in [0.717, 1.165) is 5.56 Å². The van der Waals surface area contributed by atoms with Crippen molar-refractivity contribution in [2.45, 2.75) is 32.6 Å². The Morgan fingerprint density at radius 1 is 1.12 bits per heavy atom. The quantitative estimate of drug-likeness (QED) is 0.775. The number of ketones is 1. The van der Waals surface area contributed by atoms with Crippen LogP contribution in [0.5, 0.6) is 0 Å². The molecular formula is C14H21NO. The Labute approximate surface area is 98.1 Å². The van der Waals surface area contributed by atoms with Gasteiger partial charge >= 0.3 is 0 Å². The molecule has 0 atom stereocenters. The predicted octanol–water partition coefficient (Wildman–Crippen LogP) is 3.04. The predicted molar refractivity (Wildman–Crippen MR) is 67.8 cm³/mol. The van der Waals surface area contributed by atoms with Gasteiger partial charge in [0.15, 0.2) is 5.78 Å². The third-order valence-corrected chi connectivity index (χ3v) is 2.62. The lowest BCUT2D eigenvalue weighted by Gasteiger charge is -2.08. The molecule has 2 nitrogen and oxygen atoms in total. The van der Waals surface area contributed by atoms with Gasteiger partial charge in [-0.3, -0.25) is 4.79 Å². The summed E-state index contributed by atoms with van der Waals surface area (Å²) in [6, 6.07) is 9.34. The smallest absolute Gasteiger partial charge is 0.162 e. The van der Waals surface area contributed by atoms with Gasteiger partial charge in [0, 0.05) is 12.0 Å². The Morgan fingerprint density at radius 3 is 2.12 bits per heavy atom. The zero-order valence-electron chi connectivity index (χ0n) is 10.0. The van der Waals surface area contributed by atoms with Gasteiger partial charge in [-0.2, -0.15) is 0 Å². The SMILES string of the molecule is C1CCNCC1.CCC(=O)c1ccccc1. The number of rotatable bonds is 2. The van der Waals surface area contributed by atoms with Crippen molar-refractivity contribution >= 4 is 5.78 Å². The van der Waals surface area contributed by atoms with Gasteiger partial charge in [-0.15, -0.1) is 0 Å². The summed E-state index contributed by atoms with van der Waals surface area (Å²) in [5, 5.41) is 3.28. The van der Waals surface area contributed by atoms with E-state index < -0.39 is 0 Å². The normalized spacial score (nSPS) is 14.8. The molecule has 0 unspecified atom stereocenters. The molecule has 16 heavy (non-hydrogen) atoms. The van der Waals surface area contributed by atoms with E-state index in [1.807, 2.05) is 37.3 Å². The van der Waals surface area contributed by atoms with Crippen LogP contribution < -0.4 is 5.32 Å². The van der Waals surface area contributed by atoms with E-state index in [-0.39, 0.29) is 5.78 Å². The number of hydrogen-bond acceptors (Lipinski definition) is 2. The molecule has 88 valence electrons. The lowest BCUT2D eigenvalue weighted by atomic mass is 10.1. The van der Waals surface area contributed by atoms with Crippen molar-refractivity contribution in [3.63, 3.8) is 0 Å². The summed E-state index contributed by atoms with van der Waals surface area (Å²) in [5.74, 6) is 0.209. The molecule has 1 aliphatic rings. The van der Waals surface area contributed by atoms with Crippen molar-refractivity contribution in [2.75, 3.05) is 13.1 Å². The maximum Gasteiger partial charge on any atom is 0.162 e. The second kappa shape index (κ2) is 8.05. The second-order valence-corrected chi connectivity index (χ2v) is 3.95. The number of carbonyl (C=O) groups excluding carboxylic acids is 1. The molecule has 1 saturated heterocycles. The molecule has 1 aromatic carbocycles. The minimum atomic E-state index is 0.209. The first-order valence-corrected chi connectivity index (χ1v) is 6.13. The summed E-state index contributed by atoms with van der Waals surface area (Å²) < 4.78 is 0. The standard InChI is InChI=1S/C9H10O.C5H11N/c1-2-9(10)8-6-4-3-5-7-8;1-2-4-6-5-3-1/h3-7H,2H2,1H3;6H,1-5H2. The van der Waals surface area contributed by atoms with Crippen LogP contribution in [0.4, 0.5) is 0 Å². The van der Waals surface area contributed by atoms with Crippen molar-refractivity contribution in [3.05, 3.63) is 35.9 Å². The molecule has 2 heteroatoms. The van der Waals surface area contributed by atoms with Crippen molar-refractivity contribution < 1.29 is 4.79 Å². The monoisotopic (exact) mass is 219 g/mol. The summed E-state index contributed by atoms with van der Waals surface area (Å²) >= 11 is 0. The van der Waals surface area contributed by atoms with E-state index in [4.69, 9.17) is 0 Å². The lowest BCUT2D eigenvalue weighted by Crippen LogP contribution is -2.21. The molecule has 1 fully saturated rings. The Hall–Kier alpha value is -1.15. The van der Waals surface area contributed by atoms with Crippen molar-refractivity contribution in [1.29, 1.82) is 0 Å². The Kier molecular flexibility index (Phi) is 6.50. The molecule has 0 aromatic heterocycles. The molecule has 0 amide bonds. The summed E-state index contributed by atoms with van der Waals surface area (Å²) in [7, 11) is 0. The first kappa shape index (κ1) is 12.9. The first-order chi connectivity index (χ1) is 7.84. The van der Waals surface area contributed by atoms with E-state index in [0.29, 0.717) is 6.42 Å². The highest BCUT2D eigenvalue weighted by Gasteiger charge is 1.98. The fourth-order valence-corrected chi connectivity index (χ4v) is 1.63. The Balaban J connectivity index is 0.000000181. The van der Waals surface area contributed by atoms with Gasteiger partial charge in [0.1, 0.15) is 0 Å². The highest BCUT2D eigenvalue weighted by Crippen LogP contribution is 2.01. The summed E-state index contributed by atoms with van der Waals surface area (Å²) in [4.78, 5) is 11.0. The lowest BCUT2D eigenvalue weighted by molar-refractivity contribution is 0.0988. The van der Waals surface area contributed by atoms with Crippen LogP contribution in [0.1, 0.15) is 43.0 Å². The fraction of sp³-hybridized carbons (Fsp3) is 0.500.